The topological polar surface area (TPSA) is 15.3 Å². The van der Waals surface area contributed by atoms with Crippen LogP contribution in [0, 0.1) is 29.2 Å². The minimum Gasteiger partial charge on any atom is -0.361 e. The van der Waals surface area contributed by atoms with E-state index in [1.807, 2.05) is 0 Å². The molecule has 110 valence electrons. The summed E-state index contributed by atoms with van der Waals surface area (Å²) in [5.74, 6) is -4.84. The highest BCUT2D eigenvalue weighted by Gasteiger charge is 2.38. The molecule has 1 aliphatic carbocycles. The molecule has 2 fully saturated rings. The van der Waals surface area contributed by atoms with Crippen molar-refractivity contribution in [1.82, 2.24) is 5.32 Å². The second-order valence-electron chi connectivity index (χ2n) is 5.67. The van der Waals surface area contributed by atoms with E-state index in [2.05, 4.69) is 5.32 Å². The molecule has 20 heavy (non-hydrogen) atoms. The monoisotopic (exact) mass is 288 g/mol. The second-order valence-corrected chi connectivity index (χ2v) is 5.67. The first-order valence-electron chi connectivity index (χ1n) is 6.82. The molecule has 2 unspecified atom stereocenters. The molecule has 2 nitrogen and oxygen atoms in total. The third-order valence-electron chi connectivity index (χ3n) is 4.17. The van der Waals surface area contributed by atoms with Crippen LogP contribution in [-0.2, 0) is 0 Å². The van der Waals surface area contributed by atoms with Gasteiger partial charge in [-0.1, -0.05) is 0 Å². The van der Waals surface area contributed by atoms with Gasteiger partial charge in [0.2, 0.25) is 0 Å². The first kappa shape index (κ1) is 13.7. The highest BCUT2D eigenvalue weighted by molar-refractivity contribution is 5.52. The summed E-state index contributed by atoms with van der Waals surface area (Å²) in [6.07, 6.45) is 2.17. The predicted octanol–water partition coefficient (Wildman–Crippen LogP) is 2.82. The van der Waals surface area contributed by atoms with Gasteiger partial charge in [0.05, 0.1) is 0 Å². The van der Waals surface area contributed by atoms with Crippen molar-refractivity contribution in [3.05, 3.63) is 29.3 Å². The highest BCUT2D eigenvalue weighted by Crippen LogP contribution is 2.37. The molecule has 2 atom stereocenters. The highest BCUT2D eigenvalue weighted by atomic mass is 19.2. The van der Waals surface area contributed by atoms with Gasteiger partial charge >= 0.3 is 0 Å². The molecule has 1 N–H and O–H groups in total. The van der Waals surface area contributed by atoms with Crippen molar-refractivity contribution < 1.29 is 17.6 Å². The van der Waals surface area contributed by atoms with E-state index >= 15 is 0 Å². The number of halogens is 4. The van der Waals surface area contributed by atoms with Gasteiger partial charge < -0.3 is 10.2 Å². The van der Waals surface area contributed by atoms with Crippen LogP contribution in [0.4, 0.5) is 23.2 Å². The molecule has 6 heteroatoms. The van der Waals surface area contributed by atoms with Gasteiger partial charge in [-0.3, -0.25) is 0 Å². The zero-order valence-electron chi connectivity index (χ0n) is 11.1. The van der Waals surface area contributed by atoms with Gasteiger partial charge in [-0.15, -0.1) is 0 Å². The smallest absolute Gasteiger partial charge is 0.185 e. The lowest BCUT2D eigenvalue weighted by molar-refractivity contribution is 0.363. The Morgan fingerprint density at radius 1 is 1.10 bits per heavy atom. The lowest BCUT2D eigenvalue weighted by Gasteiger charge is -2.40. The minimum absolute atomic E-state index is 0.122. The maximum atomic E-state index is 13.9. The van der Waals surface area contributed by atoms with Crippen molar-refractivity contribution in [2.45, 2.75) is 31.8 Å². The van der Waals surface area contributed by atoms with Gasteiger partial charge in [0, 0.05) is 31.2 Å². The summed E-state index contributed by atoms with van der Waals surface area (Å²) in [7, 11) is 0. The van der Waals surface area contributed by atoms with Gasteiger partial charge in [-0.25, -0.2) is 17.6 Å². The molecule has 1 saturated carbocycles. The fourth-order valence-corrected chi connectivity index (χ4v) is 2.83. The van der Waals surface area contributed by atoms with Gasteiger partial charge in [0.15, 0.2) is 23.3 Å². The number of piperazine rings is 1. The normalized spacial score (nSPS) is 26.9. The van der Waals surface area contributed by atoms with Gasteiger partial charge in [-0.2, -0.15) is 0 Å². The number of hydrogen-bond acceptors (Lipinski definition) is 2. The number of nitrogens with zero attached hydrogens (tertiary/aromatic N) is 1. The van der Waals surface area contributed by atoms with Crippen LogP contribution in [0.5, 0.6) is 0 Å². The first-order valence-corrected chi connectivity index (χ1v) is 6.82. The molecule has 0 radical (unpaired) electrons. The average molecular weight is 288 g/mol. The fraction of sp³-hybridized carbons (Fsp3) is 0.571. The predicted molar refractivity (Wildman–Crippen MR) is 67.6 cm³/mol. The quantitative estimate of drug-likeness (QED) is 0.665. The molecule has 0 amide bonds. The zero-order valence-corrected chi connectivity index (χ0v) is 11.1. The van der Waals surface area contributed by atoms with Gasteiger partial charge in [0.1, 0.15) is 5.69 Å². The SMILES string of the molecule is CC1CNC(C2CC2)CN1c1c(F)c(F)cc(F)c1F. The van der Waals surface area contributed by atoms with Crippen LogP contribution in [0.3, 0.4) is 0 Å². The maximum Gasteiger partial charge on any atom is 0.185 e. The summed E-state index contributed by atoms with van der Waals surface area (Å²) >= 11 is 0. The summed E-state index contributed by atoms with van der Waals surface area (Å²) in [6.45, 7) is 2.68. The standard InChI is InChI=1S/C14H16F4N2/c1-7-5-19-11(8-2-3-8)6-20(7)14-12(17)9(15)4-10(16)13(14)18/h4,7-8,11,19H,2-3,5-6H2,1H3. The van der Waals surface area contributed by atoms with Crippen molar-refractivity contribution in [3.8, 4) is 0 Å². The van der Waals surface area contributed by atoms with Gasteiger partial charge in [-0.05, 0) is 25.7 Å². The van der Waals surface area contributed by atoms with Crippen LogP contribution in [-0.4, -0.2) is 25.2 Å². The van der Waals surface area contributed by atoms with E-state index in [1.54, 1.807) is 6.92 Å². The van der Waals surface area contributed by atoms with Crippen LogP contribution in [0.1, 0.15) is 19.8 Å². The van der Waals surface area contributed by atoms with E-state index < -0.39 is 29.0 Å². The molecule has 1 aliphatic heterocycles. The number of rotatable bonds is 2. The van der Waals surface area contributed by atoms with E-state index in [1.165, 1.54) is 4.90 Å². The Labute approximate surface area is 114 Å². The number of hydrogen-bond donors (Lipinski definition) is 1. The minimum atomic E-state index is -1.35. The van der Waals surface area contributed by atoms with Crippen molar-refractivity contribution in [2.24, 2.45) is 5.92 Å². The lowest BCUT2D eigenvalue weighted by Crippen LogP contribution is -2.57. The third kappa shape index (κ3) is 2.26. The molecule has 0 aromatic heterocycles. The summed E-state index contributed by atoms with van der Waals surface area (Å²) in [5, 5.41) is 3.32. The number of anilines is 1. The fourth-order valence-electron chi connectivity index (χ4n) is 2.83. The Balaban J connectivity index is 1.97. The molecule has 0 spiro atoms. The van der Waals surface area contributed by atoms with Crippen molar-refractivity contribution in [3.63, 3.8) is 0 Å². The zero-order chi connectivity index (χ0) is 14.4. The number of nitrogens with one attached hydrogen (secondary N) is 1. The summed E-state index contributed by atoms with van der Waals surface area (Å²) in [4.78, 5) is 1.44. The summed E-state index contributed by atoms with van der Waals surface area (Å²) < 4.78 is 54.5. The molecular formula is C14H16F4N2. The Kier molecular flexibility index (Phi) is 3.36. The maximum absolute atomic E-state index is 13.9. The Bertz CT molecular complexity index is 504. The van der Waals surface area contributed by atoms with Crippen LogP contribution in [0.25, 0.3) is 0 Å². The van der Waals surface area contributed by atoms with Crippen LogP contribution >= 0.6 is 0 Å². The third-order valence-corrected chi connectivity index (χ3v) is 4.17. The van der Waals surface area contributed by atoms with Crippen molar-refractivity contribution >= 4 is 5.69 Å². The molecule has 1 saturated heterocycles. The van der Waals surface area contributed by atoms with E-state index in [-0.39, 0.29) is 18.2 Å². The Morgan fingerprint density at radius 2 is 1.70 bits per heavy atom. The largest absolute Gasteiger partial charge is 0.361 e. The molecule has 2 aliphatic rings. The molecular weight excluding hydrogens is 272 g/mol. The van der Waals surface area contributed by atoms with E-state index in [0.717, 1.165) is 12.8 Å². The lowest BCUT2D eigenvalue weighted by atomic mass is 10.0. The Morgan fingerprint density at radius 3 is 2.25 bits per heavy atom. The van der Waals surface area contributed by atoms with Crippen molar-refractivity contribution in [2.75, 3.05) is 18.0 Å². The number of benzene rings is 1. The Hall–Kier alpha value is -1.30. The van der Waals surface area contributed by atoms with Crippen LogP contribution in [0.2, 0.25) is 0 Å². The molecule has 3 rings (SSSR count). The van der Waals surface area contributed by atoms with E-state index in [0.29, 0.717) is 19.0 Å². The molecule has 0 bridgehead atoms. The van der Waals surface area contributed by atoms with Crippen LogP contribution < -0.4 is 10.2 Å². The first-order chi connectivity index (χ1) is 9.49. The summed E-state index contributed by atoms with van der Waals surface area (Å²) in [5.41, 5.74) is -0.581. The molecule has 1 aromatic rings. The average Bonchev–Trinajstić information content (AvgIpc) is 3.23. The van der Waals surface area contributed by atoms with E-state index in [9.17, 15) is 17.6 Å². The van der Waals surface area contributed by atoms with Gasteiger partial charge in [0.25, 0.3) is 0 Å². The summed E-state index contributed by atoms with van der Waals surface area (Å²) in [6, 6.07) is 0.144. The molecule has 1 aromatic carbocycles. The molecule has 1 heterocycles. The van der Waals surface area contributed by atoms with E-state index in [4.69, 9.17) is 0 Å². The second kappa shape index (κ2) is 4.91. The van der Waals surface area contributed by atoms with Crippen LogP contribution in [0.15, 0.2) is 6.07 Å². The van der Waals surface area contributed by atoms with Crippen molar-refractivity contribution in [1.29, 1.82) is 0 Å².